The number of nitriles is 1. The fourth-order valence-electron chi connectivity index (χ4n) is 1.89. The maximum Gasteiger partial charge on any atom is 0.407 e. The van der Waals surface area contributed by atoms with E-state index in [1.807, 2.05) is 39.0 Å². The molecular weight excluding hydrogens is 278 g/mol. The van der Waals surface area contributed by atoms with Crippen molar-refractivity contribution in [2.24, 2.45) is 0 Å². The van der Waals surface area contributed by atoms with E-state index in [1.54, 1.807) is 6.07 Å². The molecule has 1 aromatic carbocycles. The topological polar surface area (TPSA) is 74.2 Å². The zero-order valence-corrected chi connectivity index (χ0v) is 13.8. The summed E-state index contributed by atoms with van der Waals surface area (Å²) in [6.07, 6.45) is 0.479. The molecule has 0 aliphatic heterocycles. The number of alkyl carbamates (subject to hydrolysis) is 1. The third-order valence-electron chi connectivity index (χ3n) is 3.04. The van der Waals surface area contributed by atoms with Crippen molar-refractivity contribution in [2.45, 2.75) is 52.3 Å². The number of rotatable bonds is 6. The van der Waals surface area contributed by atoms with E-state index in [0.717, 1.165) is 12.0 Å². The molecule has 1 atom stereocenters. The maximum absolute atomic E-state index is 11.6. The Morgan fingerprint density at radius 3 is 2.73 bits per heavy atom. The number of hydrogen-bond acceptors (Lipinski definition) is 4. The van der Waals surface area contributed by atoms with E-state index in [0.29, 0.717) is 18.7 Å². The van der Waals surface area contributed by atoms with E-state index in [4.69, 9.17) is 10.00 Å². The predicted molar refractivity (Wildman–Crippen MR) is 86.3 cm³/mol. The van der Waals surface area contributed by atoms with Crippen LogP contribution in [0.2, 0.25) is 0 Å². The van der Waals surface area contributed by atoms with Crippen LogP contribution in [0, 0.1) is 11.3 Å². The van der Waals surface area contributed by atoms with Gasteiger partial charge in [0.05, 0.1) is 11.6 Å². The molecule has 0 aromatic heterocycles. The molecule has 5 nitrogen and oxygen atoms in total. The van der Waals surface area contributed by atoms with Crippen molar-refractivity contribution < 1.29 is 9.53 Å². The molecule has 0 heterocycles. The molecule has 1 amide bonds. The summed E-state index contributed by atoms with van der Waals surface area (Å²) in [5.74, 6) is 0. The van der Waals surface area contributed by atoms with E-state index >= 15 is 0 Å². The van der Waals surface area contributed by atoms with Crippen LogP contribution in [0.3, 0.4) is 0 Å². The summed E-state index contributed by atoms with van der Waals surface area (Å²) in [6.45, 7) is 8.73. The molecule has 1 rings (SSSR count). The normalized spacial score (nSPS) is 12.3. The molecule has 120 valence electrons. The lowest BCUT2D eigenvalue weighted by molar-refractivity contribution is 0.0522. The molecular formula is C17H25N3O2. The van der Waals surface area contributed by atoms with Crippen molar-refractivity contribution in [3.63, 3.8) is 0 Å². The lowest BCUT2D eigenvalue weighted by Gasteiger charge is -2.22. The molecule has 0 spiro atoms. The smallest absolute Gasteiger partial charge is 0.407 e. The Kier molecular flexibility index (Phi) is 6.87. The van der Waals surface area contributed by atoms with Crippen molar-refractivity contribution >= 4 is 6.09 Å². The minimum Gasteiger partial charge on any atom is -0.444 e. The van der Waals surface area contributed by atoms with E-state index < -0.39 is 11.7 Å². The molecule has 1 aromatic rings. The summed E-state index contributed by atoms with van der Waals surface area (Å²) < 4.78 is 5.21. The van der Waals surface area contributed by atoms with Gasteiger partial charge in [0.1, 0.15) is 5.60 Å². The van der Waals surface area contributed by atoms with Crippen molar-refractivity contribution in [1.82, 2.24) is 10.6 Å². The van der Waals surface area contributed by atoms with Crippen LogP contribution in [-0.2, 0) is 11.3 Å². The molecule has 5 heteroatoms. The fourth-order valence-corrected chi connectivity index (χ4v) is 1.89. The van der Waals surface area contributed by atoms with Gasteiger partial charge in [-0.25, -0.2) is 4.79 Å². The Morgan fingerprint density at radius 2 is 2.14 bits per heavy atom. The van der Waals surface area contributed by atoms with Gasteiger partial charge in [0.2, 0.25) is 0 Å². The summed E-state index contributed by atoms with van der Waals surface area (Å²) in [5, 5.41) is 15.0. The van der Waals surface area contributed by atoms with Gasteiger partial charge in [0.25, 0.3) is 0 Å². The number of hydrogen-bond donors (Lipinski definition) is 2. The fraction of sp³-hybridized carbons (Fsp3) is 0.529. The van der Waals surface area contributed by atoms with E-state index in [2.05, 4.69) is 23.6 Å². The van der Waals surface area contributed by atoms with Gasteiger partial charge in [-0.2, -0.15) is 5.26 Å². The lowest BCUT2D eigenvalue weighted by Crippen LogP contribution is -2.42. The largest absolute Gasteiger partial charge is 0.444 e. The van der Waals surface area contributed by atoms with E-state index in [1.165, 1.54) is 0 Å². The number of nitrogens with one attached hydrogen (secondary N) is 2. The Balaban J connectivity index is 2.42. The third kappa shape index (κ3) is 7.09. The van der Waals surface area contributed by atoms with Gasteiger partial charge in [-0.3, -0.25) is 0 Å². The first kappa shape index (κ1) is 18.0. The number of carbonyl (C=O) groups is 1. The summed E-state index contributed by atoms with van der Waals surface area (Å²) in [7, 11) is 0. The summed E-state index contributed by atoms with van der Waals surface area (Å²) in [5.41, 5.74) is 1.21. The summed E-state index contributed by atoms with van der Waals surface area (Å²) in [6, 6.07) is 9.77. The molecule has 0 saturated heterocycles. The highest BCUT2D eigenvalue weighted by Crippen LogP contribution is 2.07. The Labute approximate surface area is 132 Å². The number of benzene rings is 1. The second-order valence-corrected chi connectivity index (χ2v) is 6.18. The van der Waals surface area contributed by atoms with Gasteiger partial charge < -0.3 is 15.4 Å². The van der Waals surface area contributed by atoms with Crippen LogP contribution in [0.25, 0.3) is 0 Å². The Bertz CT molecular complexity index is 529. The molecule has 0 fully saturated rings. The monoisotopic (exact) mass is 303 g/mol. The first-order valence-corrected chi connectivity index (χ1v) is 7.53. The van der Waals surface area contributed by atoms with Crippen molar-refractivity contribution in [2.75, 3.05) is 6.54 Å². The SMILES string of the molecule is CCC(CNC(=O)OC(C)(C)C)NCc1cccc(C#N)c1. The van der Waals surface area contributed by atoms with Crippen LogP contribution in [0.1, 0.15) is 45.2 Å². The first-order valence-electron chi connectivity index (χ1n) is 7.53. The predicted octanol–water partition coefficient (Wildman–Crippen LogP) is 2.95. The number of amides is 1. The van der Waals surface area contributed by atoms with Crippen molar-refractivity contribution in [3.8, 4) is 6.07 Å². The van der Waals surface area contributed by atoms with Gasteiger partial charge in [0.15, 0.2) is 0 Å². The highest BCUT2D eigenvalue weighted by Gasteiger charge is 2.16. The molecule has 0 aliphatic rings. The van der Waals surface area contributed by atoms with Crippen LogP contribution >= 0.6 is 0 Å². The Morgan fingerprint density at radius 1 is 1.41 bits per heavy atom. The molecule has 22 heavy (non-hydrogen) atoms. The number of nitrogens with zero attached hydrogens (tertiary/aromatic N) is 1. The van der Waals surface area contributed by atoms with Gasteiger partial charge in [0, 0.05) is 19.1 Å². The minimum atomic E-state index is -0.489. The van der Waals surface area contributed by atoms with Crippen LogP contribution in [0.5, 0.6) is 0 Å². The highest BCUT2D eigenvalue weighted by atomic mass is 16.6. The van der Waals surface area contributed by atoms with Crippen LogP contribution < -0.4 is 10.6 Å². The van der Waals surface area contributed by atoms with Gasteiger partial charge >= 0.3 is 6.09 Å². The molecule has 2 N–H and O–H groups in total. The van der Waals surface area contributed by atoms with Crippen molar-refractivity contribution in [1.29, 1.82) is 5.26 Å². The van der Waals surface area contributed by atoms with Crippen molar-refractivity contribution in [3.05, 3.63) is 35.4 Å². The number of carbonyl (C=O) groups excluding carboxylic acids is 1. The summed E-state index contributed by atoms with van der Waals surface area (Å²) in [4.78, 5) is 11.6. The Hall–Kier alpha value is -2.06. The molecule has 1 unspecified atom stereocenters. The second-order valence-electron chi connectivity index (χ2n) is 6.18. The molecule has 0 bridgehead atoms. The first-order chi connectivity index (χ1) is 10.3. The van der Waals surface area contributed by atoms with Crippen LogP contribution in [0.4, 0.5) is 4.79 Å². The average Bonchev–Trinajstić information content (AvgIpc) is 2.46. The minimum absolute atomic E-state index is 0.151. The van der Waals surface area contributed by atoms with Crippen LogP contribution in [0.15, 0.2) is 24.3 Å². The zero-order valence-electron chi connectivity index (χ0n) is 13.8. The molecule has 0 saturated carbocycles. The van der Waals surface area contributed by atoms with E-state index in [-0.39, 0.29) is 6.04 Å². The maximum atomic E-state index is 11.6. The van der Waals surface area contributed by atoms with Gasteiger partial charge in [-0.1, -0.05) is 19.1 Å². The third-order valence-corrected chi connectivity index (χ3v) is 3.04. The molecule has 0 aliphatic carbocycles. The highest BCUT2D eigenvalue weighted by molar-refractivity contribution is 5.67. The quantitative estimate of drug-likeness (QED) is 0.847. The summed E-state index contributed by atoms with van der Waals surface area (Å²) >= 11 is 0. The standard InChI is InChI=1S/C17H25N3O2/c1-5-15(12-20-16(21)22-17(2,3)4)19-11-14-8-6-7-13(9-14)10-18/h6-9,15,19H,5,11-12H2,1-4H3,(H,20,21). The second kappa shape index (κ2) is 8.40. The van der Waals surface area contributed by atoms with Gasteiger partial charge in [-0.05, 0) is 44.9 Å². The van der Waals surface area contributed by atoms with Gasteiger partial charge in [-0.15, -0.1) is 0 Å². The van der Waals surface area contributed by atoms with E-state index in [9.17, 15) is 4.79 Å². The zero-order chi connectivity index (χ0) is 16.6. The molecule has 0 radical (unpaired) electrons. The average molecular weight is 303 g/mol. The number of ether oxygens (including phenoxy) is 1. The van der Waals surface area contributed by atoms with Crippen LogP contribution in [-0.4, -0.2) is 24.3 Å². The lowest BCUT2D eigenvalue weighted by atomic mass is 10.1.